The van der Waals surface area contributed by atoms with Gasteiger partial charge in [-0.2, -0.15) is 0 Å². The summed E-state index contributed by atoms with van der Waals surface area (Å²) in [5, 5.41) is 0.775. The van der Waals surface area contributed by atoms with Crippen molar-refractivity contribution in [3.63, 3.8) is 0 Å². The minimum absolute atomic E-state index is 0.00962. The fourth-order valence-corrected chi connectivity index (χ4v) is 3.60. The molecule has 0 unspecified atom stereocenters. The first-order valence-corrected chi connectivity index (χ1v) is 10.2. The Morgan fingerprint density at radius 1 is 0.846 bits per heavy atom. The van der Waals surface area contributed by atoms with Gasteiger partial charge in [-0.05, 0) is 60.9 Å². The molecule has 0 bridgehead atoms. The standard InChI is InChI=1S/C23H29ClO2/c1-2-5-19-16-25-23(26-17-19)7-4-3-6-18-8-10-20(11-9-18)21-12-14-22(24)15-13-21/h8-15,19,23H,2-7,16-17H2,1H3. The number of rotatable bonds is 8. The van der Waals surface area contributed by atoms with Crippen LogP contribution in [0.4, 0.5) is 0 Å². The molecule has 2 aromatic carbocycles. The zero-order chi connectivity index (χ0) is 18.2. The highest BCUT2D eigenvalue weighted by Crippen LogP contribution is 2.23. The van der Waals surface area contributed by atoms with Gasteiger partial charge in [-0.1, -0.05) is 61.3 Å². The van der Waals surface area contributed by atoms with E-state index in [2.05, 4.69) is 43.3 Å². The van der Waals surface area contributed by atoms with Gasteiger partial charge in [0.15, 0.2) is 6.29 Å². The van der Waals surface area contributed by atoms with E-state index in [0.29, 0.717) is 5.92 Å². The molecule has 1 heterocycles. The third-order valence-corrected chi connectivity index (χ3v) is 5.27. The van der Waals surface area contributed by atoms with E-state index in [1.807, 2.05) is 12.1 Å². The summed E-state index contributed by atoms with van der Waals surface area (Å²) in [5.74, 6) is 0.593. The summed E-state index contributed by atoms with van der Waals surface area (Å²) in [5.41, 5.74) is 3.82. The minimum Gasteiger partial charge on any atom is -0.352 e. The van der Waals surface area contributed by atoms with Crippen molar-refractivity contribution >= 4 is 11.6 Å². The SMILES string of the molecule is CCCC1COC(CCCCc2ccc(-c3ccc(Cl)cc3)cc2)OC1. The van der Waals surface area contributed by atoms with Crippen LogP contribution in [-0.2, 0) is 15.9 Å². The molecule has 3 heteroatoms. The van der Waals surface area contributed by atoms with E-state index in [4.69, 9.17) is 21.1 Å². The lowest BCUT2D eigenvalue weighted by Gasteiger charge is -2.29. The first kappa shape index (κ1) is 19.4. The Morgan fingerprint density at radius 3 is 2.08 bits per heavy atom. The first-order valence-electron chi connectivity index (χ1n) is 9.82. The lowest BCUT2D eigenvalue weighted by Crippen LogP contribution is -2.31. The van der Waals surface area contributed by atoms with E-state index in [1.165, 1.54) is 36.0 Å². The van der Waals surface area contributed by atoms with Gasteiger partial charge in [0, 0.05) is 10.9 Å². The summed E-state index contributed by atoms with van der Waals surface area (Å²) >= 11 is 5.95. The number of benzene rings is 2. The van der Waals surface area contributed by atoms with Gasteiger partial charge in [0.2, 0.25) is 0 Å². The normalized spacial score (nSPS) is 20.2. The molecule has 2 nitrogen and oxygen atoms in total. The van der Waals surface area contributed by atoms with Crippen LogP contribution >= 0.6 is 11.6 Å². The third kappa shape index (κ3) is 5.84. The second-order valence-electron chi connectivity index (χ2n) is 7.20. The molecule has 0 aliphatic carbocycles. The average molecular weight is 373 g/mol. The highest BCUT2D eigenvalue weighted by atomic mass is 35.5. The fourth-order valence-electron chi connectivity index (χ4n) is 3.47. The largest absolute Gasteiger partial charge is 0.352 e. The highest BCUT2D eigenvalue weighted by Gasteiger charge is 2.20. The maximum Gasteiger partial charge on any atom is 0.157 e. The molecule has 140 valence electrons. The van der Waals surface area contributed by atoms with Crippen LogP contribution < -0.4 is 0 Å². The molecule has 3 rings (SSSR count). The molecule has 0 atom stereocenters. The Hall–Kier alpha value is -1.35. The van der Waals surface area contributed by atoms with Gasteiger partial charge in [-0.3, -0.25) is 0 Å². The third-order valence-electron chi connectivity index (χ3n) is 5.02. The molecular weight excluding hydrogens is 344 g/mol. The molecule has 1 aliphatic heterocycles. The monoisotopic (exact) mass is 372 g/mol. The summed E-state index contributed by atoms with van der Waals surface area (Å²) in [4.78, 5) is 0. The minimum atomic E-state index is 0.00962. The molecular formula is C23H29ClO2. The molecule has 0 N–H and O–H groups in total. The maximum atomic E-state index is 5.95. The summed E-state index contributed by atoms with van der Waals surface area (Å²) in [7, 11) is 0. The van der Waals surface area contributed by atoms with Gasteiger partial charge in [-0.25, -0.2) is 0 Å². The van der Waals surface area contributed by atoms with Crippen molar-refractivity contribution in [1.82, 2.24) is 0 Å². The predicted octanol–water partition coefficient (Wildman–Crippen LogP) is 6.51. The number of halogens is 1. The van der Waals surface area contributed by atoms with Crippen molar-refractivity contribution in [2.75, 3.05) is 13.2 Å². The van der Waals surface area contributed by atoms with Crippen LogP contribution in [0.5, 0.6) is 0 Å². The summed E-state index contributed by atoms with van der Waals surface area (Å²) in [6.07, 6.45) is 6.84. The quantitative estimate of drug-likeness (QED) is 0.492. The molecule has 0 amide bonds. The van der Waals surface area contributed by atoms with Crippen molar-refractivity contribution in [3.05, 3.63) is 59.1 Å². The second-order valence-corrected chi connectivity index (χ2v) is 7.64. The number of unbranched alkanes of at least 4 members (excludes halogenated alkanes) is 1. The van der Waals surface area contributed by atoms with Gasteiger partial charge < -0.3 is 9.47 Å². The Balaban J connectivity index is 1.37. The smallest absolute Gasteiger partial charge is 0.157 e. The van der Waals surface area contributed by atoms with E-state index in [0.717, 1.165) is 37.5 Å². The Kier molecular flexibility index (Phi) is 7.55. The van der Waals surface area contributed by atoms with Crippen LogP contribution in [0, 0.1) is 5.92 Å². The van der Waals surface area contributed by atoms with Crippen LogP contribution in [-0.4, -0.2) is 19.5 Å². The zero-order valence-corrected chi connectivity index (χ0v) is 16.4. The van der Waals surface area contributed by atoms with E-state index in [-0.39, 0.29) is 6.29 Å². The fraction of sp³-hybridized carbons (Fsp3) is 0.478. The average Bonchev–Trinajstić information content (AvgIpc) is 2.68. The summed E-state index contributed by atoms with van der Waals surface area (Å²) in [6, 6.07) is 16.8. The van der Waals surface area contributed by atoms with Crippen LogP contribution in [0.25, 0.3) is 11.1 Å². The molecule has 2 aromatic rings. The number of hydrogen-bond acceptors (Lipinski definition) is 2. The van der Waals surface area contributed by atoms with Crippen molar-refractivity contribution in [1.29, 1.82) is 0 Å². The predicted molar refractivity (Wildman–Crippen MR) is 109 cm³/mol. The lowest BCUT2D eigenvalue weighted by atomic mass is 10.0. The van der Waals surface area contributed by atoms with Crippen LogP contribution in [0.15, 0.2) is 48.5 Å². The molecule has 0 radical (unpaired) electrons. The number of hydrogen-bond donors (Lipinski definition) is 0. The second kappa shape index (κ2) is 10.1. The van der Waals surface area contributed by atoms with Crippen molar-refractivity contribution < 1.29 is 9.47 Å². The summed E-state index contributed by atoms with van der Waals surface area (Å²) in [6.45, 7) is 3.95. The molecule has 1 fully saturated rings. The summed E-state index contributed by atoms with van der Waals surface area (Å²) < 4.78 is 11.7. The van der Waals surface area contributed by atoms with Crippen LogP contribution in [0.2, 0.25) is 5.02 Å². The van der Waals surface area contributed by atoms with Crippen molar-refractivity contribution in [2.45, 2.75) is 51.7 Å². The number of ether oxygens (including phenoxy) is 2. The van der Waals surface area contributed by atoms with Gasteiger partial charge in [0.1, 0.15) is 0 Å². The molecule has 1 saturated heterocycles. The zero-order valence-electron chi connectivity index (χ0n) is 15.6. The van der Waals surface area contributed by atoms with Crippen LogP contribution in [0.3, 0.4) is 0 Å². The maximum absolute atomic E-state index is 5.95. The lowest BCUT2D eigenvalue weighted by molar-refractivity contribution is -0.204. The van der Waals surface area contributed by atoms with Gasteiger partial charge in [0.25, 0.3) is 0 Å². The van der Waals surface area contributed by atoms with E-state index >= 15 is 0 Å². The van der Waals surface area contributed by atoms with Gasteiger partial charge in [0.05, 0.1) is 13.2 Å². The Morgan fingerprint density at radius 2 is 1.46 bits per heavy atom. The van der Waals surface area contributed by atoms with Gasteiger partial charge in [-0.15, -0.1) is 0 Å². The Bertz CT molecular complexity index is 643. The van der Waals surface area contributed by atoms with Crippen molar-refractivity contribution in [2.24, 2.45) is 5.92 Å². The molecule has 1 aliphatic rings. The number of aryl methyl sites for hydroxylation is 1. The van der Waals surface area contributed by atoms with E-state index in [9.17, 15) is 0 Å². The molecule has 0 saturated carbocycles. The molecule has 26 heavy (non-hydrogen) atoms. The van der Waals surface area contributed by atoms with Crippen molar-refractivity contribution in [3.8, 4) is 11.1 Å². The van der Waals surface area contributed by atoms with E-state index in [1.54, 1.807) is 0 Å². The Labute approximate surface area is 162 Å². The molecule has 0 aromatic heterocycles. The highest BCUT2D eigenvalue weighted by molar-refractivity contribution is 6.30. The van der Waals surface area contributed by atoms with Crippen LogP contribution in [0.1, 0.15) is 44.6 Å². The topological polar surface area (TPSA) is 18.5 Å². The van der Waals surface area contributed by atoms with E-state index < -0.39 is 0 Å². The van der Waals surface area contributed by atoms with Gasteiger partial charge >= 0.3 is 0 Å². The molecule has 0 spiro atoms. The first-order chi connectivity index (χ1) is 12.7.